The first-order valence-electron chi connectivity index (χ1n) is 9.38. The SMILES string of the molecule is CC(C)(C)OC(=O)C(C1CCCCC1)(C1CCCCC1)P(=O)(O)O. The fourth-order valence-electron chi connectivity index (χ4n) is 4.71. The lowest BCUT2D eigenvalue weighted by Crippen LogP contribution is -2.55. The van der Waals surface area contributed by atoms with E-state index < -0.39 is 24.3 Å². The van der Waals surface area contributed by atoms with E-state index in [4.69, 9.17) is 4.74 Å². The van der Waals surface area contributed by atoms with E-state index in [1.165, 1.54) is 0 Å². The Hall–Kier alpha value is -0.380. The van der Waals surface area contributed by atoms with Gasteiger partial charge in [0.15, 0.2) is 5.16 Å². The molecule has 2 fully saturated rings. The van der Waals surface area contributed by atoms with Crippen LogP contribution in [0.3, 0.4) is 0 Å². The van der Waals surface area contributed by atoms with Crippen LogP contribution in [0, 0.1) is 11.8 Å². The molecule has 2 aliphatic carbocycles. The second-order valence-corrected chi connectivity index (χ2v) is 10.4. The van der Waals surface area contributed by atoms with Crippen LogP contribution >= 0.6 is 7.60 Å². The van der Waals surface area contributed by atoms with Crippen molar-refractivity contribution in [1.29, 1.82) is 0 Å². The fraction of sp³-hybridized carbons (Fsp3) is 0.944. The molecule has 0 radical (unpaired) electrons. The molecular weight excluding hydrogens is 327 g/mol. The van der Waals surface area contributed by atoms with E-state index in [2.05, 4.69) is 0 Å². The van der Waals surface area contributed by atoms with Gasteiger partial charge >= 0.3 is 13.6 Å². The van der Waals surface area contributed by atoms with E-state index >= 15 is 0 Å². The first-order valence-corrected chi connectivity index (χ1v) is 11.0. The number of carbonyl (C=O) groups excluding carboxylic acids is 1. The molecule has 0 aromatic heterocycles. The maximum atomic E-state index is 13.2. The van der Waals surface area contributed by atoms with Crippen molar-refractivity contribution in [2.45, 2.75) is 95.7 Å². The third kappa shape index (κ3) is 4.05. The minimum Gasteiger partial charge on any atom is -0.459 e. The Morgan fingerprint density at radius 1 is 0.875 bits per heavy atom. The molecule has 0 aliphatic heterocycles. The number of rotatable bonds is 4. The Morgan fingerprint density at radius 2 is 1.25 bits per heavy atom. The van der Waals surface area contributed by atoms with Crippen LogP contribution in [-0.2, 0) is 14.1 Å². The number of carbonyl (C=O) groups is 1. The minimum atomic E-state index is -4.66. The van der Waals surface area contributed by atoms with Crippen molar-refractivity contribution in [1.82, 2.24) is 0 Å². The van der Waals surface area contributed by atoms with Gasteiger partial charge in [0, 0.05) is 0 Å². The van der Waals surface area contributed by atoms with Gasteiger partial charge in [-0.1, -0.05) is 38.5 Å². The molecule has 0 aromatic carbocycles. The first kappa shape index (κ1) is 19.9. The fourth-order valence-corrected chi connectivity index (χ4v) is 6.46. The van der Waals surface area contributed by atoms with Crippen molar-refractivity contribution in [3.63, 3.8) is 0 Å². The Morgan fingerprint density at radius 3 is 1.54 bits per heavy atom. The second-order valence-electron chi connectivity index (χ2n) is 8.54. The zero-order valence-electron chi connectivity index (χ0n) is 15.3. The van der Waals surface area contributed by atoms with E-state index in [0.29, 0.717) is 25.7 Å². The molecule has 0 amide bonds. The van der Waals surface area contributed by atoms with Crippen LogP contribution in [0.15, 0.2) is 0 Å². The van der Waals surface area contributed by atoms with Gasteiger partial charge in [-0.05, 0) is 58.3 Å². The Labute approximate surface area is 145 Å². The smallest absolute Gasteiger partial charge is 0.343 e. The highest BCUT2D eigenvalue weighted by molar-refractivity contribution is 7.54. The van der Waals surface area contributed by atoms with Gasteiger partial charge < -0.3 is 14.5 Å². The van der Waals surface area contributed by atoms with Gasteiger partial charge in [-0.15, -0.1) is 0 Å². The molecule has 0 heterocycles. The zero-order chi connectivity index (χ0) is 18.0. The summed E-state index contributed by atoms with van der Waals surface area (Å²) in [5, 5.41) is -1.65. The third-order valence-electron chi connectivity index (χ3n) is 5.66. The average Bonchev–Trinajstić information content (AvgIpc) is 2.47. The van der Waals surface area contributed by atoms with E-state index in [0.717, 1.165) is 38.5 Å². The second kappa shape index (κ2) is 7.47. The Bertz CT molecular complexity index is 460. The highest BCUT2D eigenvalue weighted by atomic mass is 31.2. The summed E-state index contributed by atoms with van der Waals surface area (Å²) in [5.74, 6) is -1.21. The summed E-state index contributed by atoms with van der Waals surface area (Å²) in [6.07, 6.45) is 8.72. The molecule has 0 bridgehead atoms. The zero-order valence-corrected chi connectivity index (χ0v) is 16.2. The predicted octanol–water partition coefficient (Wildman–Crippen LogP) is 4.41. The van der Waals surface area contributed by atoms with Crippen molar-refractivity contribution in [3.05, 3.63) is 0 Å². The molecule has 2 aliphatic rings. The van der Waals surface area contributed by atoms with Crippen LogP contribution in [0.25, 0.3) is 0 Å². The Balaban J connectivity index is 2.49. The molecule has 2 saturated carbocycles. The standard InChI is InChI=1S/C18H33O5P/c1-17(2,3)23-16(19)18(24(20,21)22,14-10-6-4-7-11-14)15-12-8-5-9-13-15/h14-15H,4-13H2,1-3H3,(H2,20,21,22). The van der Waals surface area contributed by atoms with Crippen molar-refractivity contribution < 1.29 is 23.9 Å². The maximum absolute atomic E-state index is 13.2. The van der Waals surface area contributed by atoms with Crippen molar-refractivity contribution >= 4 is 13.6 Å². The van der Waals surface area contributed by atoms with E-state index in [9.17, 15) is 19.1 Å². The van der Waals surface area contributed by atoms with Gasteiger partial charge in [0.1, 0.15) is 5.60 Å². The monoisotopic (exact) mass is 360 g/mol. The lowest BCUT2D eigenvalue weighted by molar-refractivity contribution is -0.164. The summed E-state index contributed by atoms with van der Waals surface area (Å²) < 4.78 is 18.4. The molecule has 0 unspecified atom stereocenters. The molecule has 6 heteroatoms. The van der Waals surface area contributed by atoms with Gasteiger partial charge in [0.05, 0.1) is 0 Å². The lowest BCUT2D eigenvalue weighted by atomic mass is 9.68. The molecule has 2 N–H and O–H groups in total. The highest BCUT2D eigenvalue weighted by Crippen LogP contribution is 2.64. The van der Waals surface area contributed by atoms with Crippen molar-refractivity contribution in [2.75, 3.05) is 0 Å². The maximum Gasteiger partial charge on any atom is 0.343 e. The molecule has 5 nitrogen and oxygen atoms in total. The van der Waals surface area contributed by atoms with E-state index in [1.54, 1.807) is 20.8 Å². The molecule has 0 spiro atoms. The normalized spacial score (nSPS) is 22.4. The quantitative estimate of drug-likeness (QED) is 0.573. The molecular formula is C18H33O5P. The molecule has 0 atom stereocenters. The number of ether oxygens (including phenoxy) is 1. The molecule has 0 aromatic rings. The number of hydrogen-bond donors (Lipinski definition) is 2. The molecule has 0 saturated heterocycles. The van der Waals surface area contributed by atoms with Crippen LogP contribution in [0.2, 0.25) is 0 Å². The molecule has 24 heavy (non-hydrogen) atoms. The van der Waals surface area contributed by atoms with E-state index in [1.807, 2.05) is 0 Å². The minimum absolute atomic E-state index is 0.273. The van der Waals surface area contributed by atoms with Crippen LogP contribution in [-0.4, -0.2) is 26.5 Å². The van der Waals surface area contributed by atoms with Gasteiger partial charge in [-0.2, -0.15) is 0 Å². The van der Waals surface area contributed by atoms with Gasteiger partial charge in [-0.25, -0.2) is 0 Å². The first-order chi connectivity index (χ1) is 11.1. The predicted molar refractivity (Wildman–Crippen MR) is 93.8 cm³/mol. The molecule has 140 valence electrons. The topological polar surface area (TPSA) is 83.8 Å². The summed E-state index contributed by atoms with van der Waals surface area (Å²) in [5.41, 5.74) is -0.749. The van der Waals surface area contributed by atoms with Crippen LogP contribution < -0.4 is 0 Å². The summed E-state index contributed by atoms with van der Waals surface area (Å²) >= 11 is 0. The van der Waals surface area contributed by atoms with Gasteiger partial charge in [-0.3, -0.25) is 9.36 Å². The van der Waals surface area contributed by atoms with Crippen molar-refractivity contribution in [3.8, 4) is 0 Å². The average molecular weight is 360 g/mol. The Kier molecular flexibility index (Phi) is 6.21. The summed E-state index contributed by atoms with van der Waals surface area (Å²) in [6, 6.07) is 0. The largest absolute Gasteiger partial charge is 0.459 e. The summed E-state index contributed by atoms with van der Waals surface area (Å²) in [7, 11) is -4.66. The van der Waals surface area contributed by atoms with Gasteiger partial charge in [0.25, 0.3) is 0 Å². The van der Waals surface area contributed by atoms with Crippen LogP contribution in [0.1, 0.15) is 85.0 Å². The molecule has 2 rings (SSSR count). The van der Waals surface area contributed by atoms with E-state index in [-0.39, 0.29) is 11.8 Å². The van der Waals surface area contributed by atoms with Gasteiger partial charge in [0.2, 0.25) is 0 Å². The lowest BCUT2D eigenvalue weighted by Gasteiger charge is -2.47. The third-order valence-corrected chi connectivity index (χ3v) is 7.54. The van der Waals surface area contributed by atoms with Crippen LogP contribution in [0.4, 0.5) is 0 Å². The summed E-state index contributed by atoms with van der Waals surface area (Å²) in [6.45, 7) is 5.28. The number of esters is 1. The number of hydrogen-bond acceptors (Lipinski definition) is 3. The summed E-state index contributed by atoms with van der Waals surface area (Å²) in [4.78, 5) is 34.0. The van der Waals surface area contributed by atoms with Crippen molar-refractivity contribution in [2.24, 2.45) is 11.8 Å². The van der Waals surface area contributed by atoms with Crippen LogP contribution in [0.5, 0.6) is 0 Å². The highest BCUT2D eigenvalue weighted by Gasteiger charge is 2.64.